The van der Waals surface area contributed by atoms with Crippen molar-refractivity contribution < 1.29 is 28.7 Å². The van der Waals surface area contributed by atoms with Crippen LogP contribution in [-0.2, 0) is 14.4 Å². The van der Waals surface area contributed by atoms with Crippen LogP contribution in [0, 0.1) is 0 Å². The molecule has 3 saturated heterocycles. The van der Waals surface area contributed by atoms with E-state index in [9.17, 15) is 24.0 Å². The Morgan fingerprint density at radius 3 is 2.33 bits per heavy atom. The number of rotatable bonds is 14. The zero-order chi connectivity index (χ0) is 43.5. The monoisotopic (exact) mass is 853 g/mol. The number of benzene rings is 3. The molecule has 3 aromatic carbocycles. The van der Waals surface area contributed by atoms with Gasteiger partial charge in [0.25, 0.3) is 11.8 Å². The van der Waals surface area contributed by atoms with Gasteiger partial charge in [0, 0.05) is 69.9 Å². The number of carbonyl (C=O) groups excluding carboxylic acids is 5. The fraction of sp³-hybridized carbons (Fsp3) is 0.391. The van der Waals surface area contributed by atoms with Gasteiger partial charge >= 0.3 is 0 Å². The number of carbonyl (C=O) groups is 5. The van der Waals surface area contributed by atoms with Crippen LogP contribution in [0.4, 0.5) is 11.5 Å². The maximum Gasteiger partial charge on any atom is 0.264 e. The summed E-state index contributed by atoms with van der Waals surface area (Å²) in [5.41, 5.74) is 9.76. The SMILES string of the molecule is Nc1ncnc2c1c(-c1ccc(Oc3ccccc3)cc1)nn2[C@@H]1CCCN(C(=O)CCCN2CCN(CCCNc3cccc4c3C(=O)N(C3CCC(=O)NC3=O)C4=O)CC2)C1. The number of nitrogens with two attached hydrogens (primary N) is 1. The standard InChI is InChI=1S/C46H51N11O6/c47-42-40-41(30-14-16-33(17-15-30)63-32-9-2-1-3-10-32)52-57(43(40)50-29-49-42)31-8-5-23-55(28-31)38(59)13-6-21-53-24-26-54(27-25-53)22-7-20-48-35-12-4-11-34-39(35)46(62)56(45(34)61)36-18-19-37(58)51-44(36)60/h1-4,9-12,14-17,29,31,36,48H,5-8,13,18-28H2,(H2,47,49,50)(H,51,58,60)/t31-,36?/m1/s1. The van der Waals surface area contributed by atoms with E-state index in [2.05, 4.69) is 30.4 Å². The molecule has 0 saturated carbocycles. The molecule has 0 spiro atoms. The molecule has 2 atom stereocenters. The number of nitrogens with one attached hydrogen (secondary N) is 2. The quantitative estimate of drug-likeness (QED) is 0.105. The third kappa shape index (κ3) is 8.83. The van der Waals surface area contributed by atoms with Crippen LogP contribution < -0.4 is 21.1 Å². The Morgan fingerprint density at radius 2 is 1.57 bits per heavy atom. The third-order valence-corrected chi connectivity index (χ3v) is 12.5. The molecule has 0 aliphatic carbocycles. The highest BCUT2D eigenvalue weighted by Gasteiger charge is 2.45. The molecule has 0 radical (unpaired) electrons. The van der Waals surface area contributed by atoms with Crippen molar-refractivity contribution in [1.82, 2.24) is 44.7 Å². The van der Waals surface area contributed by atoms with E-state index < -0.39 is 29.7 Å². The molecular weight excluding hydrogens is 803 g/mol. The Labute approximate surface area is 364 Å². The average molecular weight is 854 g/mol. The van der Waals surface area contributed by atoms with Gasteiger partial charge < -0.3 is 30.5 Å². The summed E-state index contributed by atoms with van der Waals surface area (Å²) in [6.07, 6.45) is 5.51. The van der Waals surface area contributed by atoms with Gasteiger partial charge in [0.05, 0.1) is 22.6 Å². The van der Waals surface area contributed by atoms with E-state index in [1.54, 1.807) is 18.2 Å². The fourth-order valence-corrected chi connectivity index (χ4v) is 9.17. The zero-order valence-corrected chi connectivity index (χ0v) is 35.1. The molecule has 0 bridgehead atoms. The van der Waals surface area contributed by atoms with Crippen LogP contribution in [0.25, 0.3) is 22.3 Å². The number of likely N-dealkylation sites (tertiary alicyclic amines) is 1. The van der Waals surface area contributed by atoms with Gasteiger partial charge in [0.1, 0.15) is 35.4 Å². The van der Waals surface area contributed by atoms with Gasteiger partial charge in [-0.2, -0.15) is 5.10 Å². The van der Waals surface area contributed by atoms with Crippen molar-refractivity contribution in [2.75, 3.05) is 70.0 Å². The van der Waals surface area contributed by atoms with Crippen LogP contribution in [0.2, 0.25) is 0 Å². The Bertz CT molecular complexity index is 2520. The molecule has 5 aromatic rings. The molecule has 2 aromatic heterocycles. The van der Waals surface area contributed by atoms with E-state index in [1.807, 2.05) is 64.2 Å². The van der Waals surface area contributed by atoms with Gasteiger partial charge in [0.15, 0.2) is 5.65 Å². The van der Waals surface area contributed by atoms with Crippen LogP contribution in [-0.4, -0.2) is 134 Å². The Hall–Kier alpha value is -6.72. The number of hydrogen-bond acceptors (Lipinski definition) is 13. The third-order valence-electron chi connectivity index (χ3n) is 12.5. The lowest BCUT2D eigenvalue weighted by Crippen LogP contribution is -2.54. The van der Waals surface area contributed by atoms with Gasteiger partial charge in [-0.3, -0.25) is 34.2 Å². The first-order valence-corrected chi connectivity index (χ1v) is 21.8. The van der Waals surface area contributed by atoms with Gasteiger partial charge in [-0.25, -0.2) is 14.6 Å². The van der Waals surface area contributed by atoms with Gasteiger partial charge in [-0.05, 0) is 93.7 Å². The summed E-state index contributed by atoms with van der Waals surface area (Å²) < 4.78 is 7.93. The Balaban J connectivity index is 0.721. The number of nitrogen functional groups attached to an aromatic ring is 1. The molecule has 4 aliphatic rings. The van der Waals surface area contributed by atoms with E-state index in [0.717, 1.165) is 87.7 Å². The highest BCUT2D eigenvalue weighted by molar-refractivity contribution is 6.25. The minimum Gasteiger partial charge on any atom is -0.457 e. The van der Waals surface area contributed by atoms with Crippen LogP contribution in [0.15, 0.2) is 79.1 Å². The molecule has 4 aliphatic heterocycles. The number of imide groups is 2. The molecule has 5 amide bonds. The second kappa shape index (κ2) is 18.3. The topological polar surface area (TPSA) is 201 Å². The average Bonchev–Trinajstić information content (AvgIpc) is 3.82. The van der Waals surface area contributed by atoms with Gasteiger partial charge in [-0.15, -0.1) is 0 Å². The molecule has 1 unspecified atom stereocenters. The number of para-hydroxylation sites is 1. The smallest absolute Gasteiger partial charge is 0.264 e. The molecule has 17 nitrogen and oxygen atoms in total. The van der Waals surface area contributed by atoms with Crippen LogP contribution >= 0.6 is 0 Å². The number of piperazine rings is 1. The maximum atomic E-state index is 13.6. The first kappa shape index (κ1) is 41.6. The van der Waals surface area contributed by atoms with Crippen molar-refractivity contribution in [2.24, 2.45) is 0 Å². The molecule has 9 rings (SSSR count). The number of ether oxygens (including phenoxy) is 1. The fourth-order valence-electron chi connectivity index (χ4n) is 9.17. The summed E-state index contributed by atoms with van der Waals surface area (Å²) >= 11 is 0. The molecule has 4 N–H and O–H groups in total. The lowest BCUT2D eigenvalue weighted by Gasteiger charge is -2.35. The summed E-state index contributed by atoms with van der Waals surface area (Å²) in [4.78, 5) is 81.0. The second-order valence-corrected chi connectivity index (χ2v) is 16.6. The number of amides is 5. The number of hydrogen-bond donors (Lipinski definition) is 3. The van der Waals surface area contributed by atoms with Crippen LogP contribution in [0.3, 0.4) is 0 Å². The van der Waals surface area contributed by atoms with Crippen LogP contribution in [0.1, 0.15) is 71.7 Å². The molecule has 17 heteroatoms. The molecule has 6 heterocycles. The second-order valence-electron chi connectivity index (χ2n) is 16.6. The minimum absolute atomic E-state index is 0.0484. The summed E-state index contributed by atoms with van der Waals surface area (Å²) in [6.45, 7) is 7.32. The number of anilines is 2. The predicted octanol–water partition coefficient (Wildman–Crippen LogP) is 4.33. The Morgan fingerprint density at radius 1 is 0.825 bits per heavy atom. The van der Waals surface area contributed by atoms with Gasteiger partial charge in [-0.1, -0.05) is 24.3 Å². The number of nitrogens with zero attached hydrogens (tertiary/aromatic N) is 8. The molecule has 3 fully saturated rings. The van der Waals surface area contributed by atoms with E-state index >= 15 is 0 Å². The van der Waals surface area contributed by atoms with E-state index in [4.69, 9.17) is 15.6 Å². The van der Waals surface area contributed by atoms with Crippen molar-refractivity contribution in [3.8, 4) is 22.8 Å². The summed E-state index contributed by atoms with van der Waals surface area (Å²) in [5.74, 6) is -0.0710. The summed E-state index contributed by atoms with van der Waals surface area (Å²) in [7, 11) is 0. The van der Waals surface area contributed by atoms with Crippen molar-refractivity contribution in [2.45, 2.75) is 57.0 Å². The molecule has 326 valence electrons. The minimum atomic E-state index is -0.996. The lowest BCUT2D eigenvalue weighted by molar-refractivity contribution is -0.136. The van der Waals surface area contributed by atoms with Crippen molar-refractivity contribution in [3.05, 3.63) is 90.3 Å². The largest absolute Gasteiger partial charge is 0.457 e. The van der Waals surface area contributed by atoms with E-state index in [-0.39, 0.29) is 35.9 Å². The highest BCUT2D eigenvalue weighted by atomic mass is 16.5. The number of aromatic nitrogens is 4. The highest BCUT2D eigenvalue weighted by Crippen LogP contribution is 2.36. The lowest BCUT2D eigenvalue weighted by atomic mass is 10.0. The van der Waals surface area contributed by atoms with Crippen molar-refractivity contribution in [3.63, 3.8) is 0 Å². The predicted molar refractivity (Wildman–Crippen MR) is 235 cm³/mol. The summed E-state index contributed by atoms with van der Waals surface area (Å²) in [5, 5.41) is 11.3. The molecular formula is C46H51N11O6. The molecule has 63 heavy (non-hydrogen) atoms. The first-order chi connectivity index (χ1) is 30.7. The maximum absolute atomic E-state index is 13.6. The van der Waals surface area contributed by atoms with Crippen molar-refractivity contribution in [1.29, 1.82) is 0 Å². The number of piperidine rings is 2. The van der Waals surface area contributed by atoms with Crippen LogP contribution in [0.5, 0.6) is 11.5 Å². The number of fused-ring (bicyclic) bond motifs is 2. The zero-order valence-electron chi connectivity index (χ0n) is 35.1. The van der Waals surface area contributed by atoms with E-state index in [0.29, 0.717) is 53.5 Å². The Kier molecular flexibility index (Phi) is 12.1. The first-order valence-electron chi connectivity index (χ1n) is 21.8. The normalized spacial score (nSPS) is 19.7. The summed E-state index contributed by atoms with van der Waals surface area (Å²) in [6, 6.07) is 21.4. The van der Waals surface area contributed by atoms with Gasteiger partial charge in [0.2, 0.25) is 17.7 Å². The van der Waals surface area contributed by atoms with Crippen molar-refractivity contribution >= 4 is 52.1 Å². The van der Waals surface area contributed by atoms with E-state index in [1.165, 1.54) is 6.33 Å².